The summed E-state index contributed by atoms with van der Waals surface area (Å²) < 4.78 is 18.2. The van der Waals surface area contributed by atoms with Gasteiger partial charge >= 0.3 is 0 Å². The van der Waals surface area contributed by atoms with Crippen LogP contribution in [0.15, 0.2) is 18.2 Å². The van der Waals surface area contributed by atoms with Crippen LogP contribution in [0.4, 0.5) is 10.1 Å². The van der Waals surface area contributed by atoms with E-state index in [4.69, 9.17) is 4.74 Å². The molecule has 0 saturated carbocycles. The van der Waals surface area contributed by atoms with Gasteiger partial charge in [0.2, 0.25) is 0 Å². The molecule has 1 atom stereocenters. The quantitative estimate of drug-likeness (QED) is 0.420. The fourth-order valence-electron chi connectivity index (χ4n) is 1.25. The van der Waals surface area contributed by atoms with Crippen molar-refractivity contribution in [1.29, 1.82) is 0 Å². The molecule has 1 aromatic carbocycles. The Morgan fingerprint density at radius 3 is 2.86 bits per heavy atom. The Morgan fingerprint density at radius 2 is 2.36 bits per heavy atom. The monoisotopic (exact) mass is 197 g/mol. The molecule has 4 nitrogen and oxygen atoms in total. The van der Waals surface area contributed by atoms with Crippen molar-refractivity contribution in [2.45, 2.75) is 12.5 Å². The standard InChI is InChI=1S/C9H8FNO3/c10-9-4-7(11(12)13)2-1-6(9)3-8-5-14-8/h1-2,4,8H,3,5H2. The molecule has 1 unspecified atom stereocenters. The summed E-state index contributed by atoms with van der Waals surface area (Å²) in [5.74, 6) is -0.533. The van der Waals surface area contributed by atoms with Crippen molar-refractivity contribution >= 4 is 5.69 Å². The van der Waals surface area contributed by atoms with Crippen molar-refractivity contribution < 1.29 is 14.1 Å². The van der Waals surface area contributed by atoms with Gasteiger partial charge in [-0.2, -0.15) is 0 Å². The number of nitrogens with zero attached hydrogens (tertiary/aromatic N) is 1. The number of rotatable bonds is 3. The molecule has 2 rings (SSSR count). The minimum absolute atomic E-state index is 0.0888. The highest BCUT2D eigenvalue weighted by atomic mass is 19.1. The van der Waals surface area contributed by atoms with Gasteiger partial charge in [0.05, 0.1) is 23.7 Å². The van der Waals surface area contributed by atoms with Gasteiger partial charge in [0.1, 0.15) is 5.82 Å². The van der Waals surface area contributed by atoms with Crippen LogP contribution < -0.4 is 0 Å². The first kappa shape index (κ1) is 9.08. The molecule has 1 aromatic rings. The van der Waals surface area contributed by atoms with Gasteiger partial charge in [-0.1, -0.05) is 0 Å². The lowest BCUT2D eigenvalue weighted by Gasteiger charge is -1.99. The van der Waals surface area contributed by atoms with Crippen LogP contribution in [0.5, 0.6) is 0 Å². The number of nitro benzene ring substituents is 1. The minimum atomic E-state index is -0.611. The third-order valence-electron chi connectivity index (χ3n) is 2.10. The zero-order chi connectivity index (χ0) is 10.1. The average Bonchev–Trinajstić information content (AvgIpc) is 2.92. The summed E-state index contributed by atoms with van der Waals surface area (Å²) >= 11 is 0. The predicted octanol–water partition coefficient (Wildman–Crippen LogP) is 1.68. The molecule has 14 heavy (non-hydrogen) atoms. The Balaban J connectivity index is 2.21. The maximum atomic E-state index is 13.2. The lowest BCUT2D eigenvalue weighted by molar-refractivity contribution is -0.385. The molecule has 74 valence electrons. The molecule has 0 amide bonds. The van der Waals surface area contributed by atoms with E-state index in [2.05, 4.69) is 0 Å². The predicted molar refractivity (Wildman–Crippen MR) is 46.5 cm³/mol. The van der Waals surface area contributed by atoms with Crippen LogP contribution in [0, 0.1) is 15.9 Å². The molecule has 1 fully saturated rings. The summed E-state index contributed by atoms with van der Waals surface area (Å²) in [6.07, 6.45) is 0.579. The van der Waals surface area contributed by atoms with Crippen LogP contribution in [0.25, 0.3) is 0 Å². The normalized spacial score (nSPS) is 19.4. The number of epoxide rings is 1. The van der Waals surface area contributed by atoms with Gasteiger partial charge in [-0.25, -0.2) is 4.39 Å². The Kier molecular flexibility index (Phi) is 2.17. The van der Waals surface area contributed by atoms with E-state index in [0.717, 1.165) is 6.07 Å². The fraction of sp³-hybridized carbons (Fsp3) is 0.333. The third kappa shape index (κ3) is 1.88. The van der Waals surface area contributed by atoms with Crippen molar-refractivity contribution in [1.82, 2.24) is 0 Å². The van der Waals surface area contributed by atoms with Gasteiger partial charge in [0, 0.05) is 12.5 Å². The second-order valence-electron chi connectivity index (χ2n) is 3.19. The largest absolute Gasteiger partial charge is 0.373 e. The van der Waals surface area contributed by atoms with E-state index >= 15 is 0 Å². The van der Waals surface area contributed by atoms with Gasteiger partial charge in [-0.15, -0.1) is 0 Å². The first-order valence-corrected chi connectivity index (χ1v) is 4.21. The number of ether oxygens (including phenoxy) is 1. The van der Waals surface area contributed by atoms with E-state index in [1.807, 2.05) is 0 Å². The summed E-state index contributed by atoms with van der Waals surface area (Å²) in [5.41, 5.74) is 0.251. The number of hydrogen-bond acceptors (Lipinski definition) is 3. The average molecular weight is 197 g/mol. The second kappa shape index (κ2) is 3.34. The van der Waals surface area contributed by atoms with Gasteiger partial charge < -0.3 is 4.74 Å². The van der Waals surface area contributed by atoms with Crippen molar-refractivity contribution in [3.05, 3.63) is 39.7 Å². The molecule has 5 heteroatoms. The smallest absolute Gasteiger partial charge is 0.272 e. The molecular weight excluding hydrogens is 189 g/mol. The molecule has 1 aliphatic heterocycles. The van der Waals surface area contributed by atoms with Gasteiger partial charge in [0.25, 0.3) is 5.69 Å². The first-order chi connectivity index (χ1) is 6.66. The molecule has 0 bridgehead atoms. The Bertz CT molecular complexity index is 376. The van der Waals surface area contributed by atoms with E-state index in [0.29, 0.717) is 18.6 Å². The van der Waals surface area contributed by atoms with Crippen LogP contribution in [-0.4, -0.2) is 17.6 Å². The lowest BCUT2D eigenvalue weighted by Crippen LogP contribution is -1.98. The highest BCUT2D eigenvalue weighted by Gasteiger charge is 2.24. The first-order valence-electron chi connectivity index (χ1n) is 4.21. The number of nitro groups is 1. The number of non-ortho nitro benzene ring substituents is 1. The van der Waals surface area contributed by atoms with E-state index < -0.39 is 10.7 Å². The highest BCUT2D eigenvalue weighted by Crippen LogP contribution is 2.21. The fourth-order valence-corrected chi connectivity index (χ4v) is 1.25. The van der Waals surface area contributed by atoms with Crippen molar-refractivity contribution in [2.24, 2.45) is 0 Å². The molecule has 0 N–H and O–H groups in total. The maximum absolute atomic E-state index is 13.2. The third-order valence-corrected chi connectivity index (χ3v) is 2.10. The van der Waals surface area contributed by atoms with E-state index in [-0.39, 0.29) is 11.8 Å². The maximum Gasteiger partial charge on any atom is 0.272 e. The Hall–Kier alpha value is -1.49. The zero-order valence-corrected chi connectivity index (χ0v) is 7.27. The van der Waals surface area contributed by atoms with Crippen molar-refractivity contribution in [2.75, 3.05) is 6.61 Å². The van der Waals surface area contributed by atoms with Crippen LogP contribution in [0.1, 0.15) is 5.56 Å². The summed E-state index contributed by atoms with van der Waals surface area (Å²) in [4.78, 5) is 9.70. The summed E-state index contributed by atoms with van der Waals surface area (Å²) in [5, 5.41) is 10.3. The van der Waals surface area contributed by atoms with Crippen LogP contribution in [0.2, 0.25) is 0 Å². The van der Waals surface area contributed by atoms with E-state index in [9.17, 15) is 14.5 Å². The highest BCUT2D eigenvalue weighted by molar-refractivity contribution is 5.34. The van der Waals surface area contributed by atoms with E-state index in [1.54, 1.807) is 0 Å². The molecule has 0 radical (unpaired) electrons. The number of hydrogen-bond donors (Lipinski definition) is 0. The molecule has 0 spiro atoms. The molecule has 1 saturated heterocycles. The minimum Gasteiger partial charge on any atom is -0.373 e. The molecule has 1 aliphatic rings. The van der Waals surface area contributed by atoms with Crippen LogP contribution in [0.3, 0.4) is 0 Å². The SMILES string of the molecule is O=[N+]([O-])c1ccc(CC2CO2)c(F)c1. The molecular formula is C9H8FNO3. The number of benzene rings is 1. The Morgan fingerprint density at radius 1 is 1.64 bits per heavy atom. The summed E-state index contributed by atoms with van der Waals surface area (Å²) in [7, 11) is 0. The zero-order valence-electron chi connectivity index (χ0n) is 7.27. The second-order valence-corrected chi connectivity index (χ2v) is 3.19. The number of halogens is 1. The van der Waals surface area contributed by atoms with Gasteiger partial charge in [-0.3, -0.25) is 10.1 Å². The van der Waals surface area contributed by atoms with Gasteiger partial charge in [-0.05, 0) is 11.6 Å². The molecule has 1 heterocycles. The van der Waals surface area contributed by atoms with Crippen LogP contribution >= 0.6 is 0 Å². The van der Waals surface area contributed by atoms with Crippen LogP contribution in [-0.2, 0) is 11.2 Å². The molecule has 0 aromatic heterocycles. The van der Waals surface area contributed by atoms with Crippen molar-refractivity contribution in [3.63, 3.8) is 0 Å². The summed E-state index contributed by atoms with van der Waals surface area (Å²) in [6.45, 7) is 0.649. The Labute approximate surface area is 79.5 Å². The lowest BCUT2D eigenvalue weighted by atomic mass is 10.1. The van der Waals surface area contributed by atoms with E-state index in [1.165, 1.54) is 12.1 Å². The van der Waals surface area contributed by atoms with Gasteiger partial charge in [0.15, 0.2) is 0 Å². The van der Waals surface area contributed by atoms with Crippen molar-refractivity contribution in [3.8, 4) is 0 Å². The molecule has 0 aliphatic carbocycles. The summed E-state index contributed by atoms with van der Waals surface area (Å²) in [6, 6.07) is 3.69. The topological polar surface area (TPSA) is 55.7 Å².